The maximum Gasteiger partial charge on any atom is 0.0991 e. The molecular weight excluding hydrogens is 368 g/mol. The van der Waals surface area contributed by atoms with Gasteiger partial charge in [-0.1, -0.05) is 12.8 Å². The van der Waals surface area contributed by atoms with Gasteiger partial charge in [0.15, 0.2) is 0 Å². The highest BCUT2D eigenvalue weighted by molar-refractivity contribution is 4.70. The lowest BCUT2D eigenvalue weighted by molar-refractivity contribution is -0.00699. The Kier molecular flexibility index (Phi) is 14.1. The van der Waals surface area contributed by atoms with E-state index in [1.165, 1.54) is 71.5 Å². The minimum atomic E-state index is 0.770. The van der Waals surface area contributed by atoms with Crippen LogP contribution < -0.4 is 0 Å². The Morgan fingerprint density at radius 3 is 1.93 bits per heavy atom. The van der Waals surface area contributed by atoms with Gasteiger partial charge in [0.1, 0.15) is 0 Å². The molecule has 0 aromatic heterocycles. The summed E-state index contributed by atoms with van der Waals surface area (Å²) in [5, 5.41) is 0. The van der Waals surface area contributed by atoms with Crippen LogP contribution in [0.5, 0.6) is 0 Å². The zero-order valence-electron chi connectivity index (χ0n) is 19.2. The largest absolute Gasteiger partial charge is 0.385 e. The number of hydrogen-bond donors (Lipinski definition) is 0. The van der Waals surface area contributed by atoms with Crippen molar-refractivity contribution in [2.45, 2.75) is 32.1 Å². The lowest BCUT2D eigenvalue weighted by atomic mass is 10.2. The van der Waals surface area contributed by atoms with Crippen LogP contribution in [0.3, 0.4) is 0 Å². The van der Waals surface area contributed by atoms with E-state index in [9.17, 15) is 0 Å². The van der Waals surface area contributed by atoms with Crippen LogP contribution >= 0.6 is 0 Å². The second-order valence-electron chi connectivity index (χ2n) is 8.51. The first-order valence-electron chi connectivity index (χ1n) is 11.8. The van der Waals surface area contributed by atoms with Crippen molar-refractivity contribution in [3.63, 3.8) is 0 Å². The Morgan fingerprint density at radius 2 is 1.17 bits per heavy atom. The molecule has 0 atom stereocenters. The summed E-state index contributed by atoms with van der Waals surface area (Å²) in [5.74, 6) is 0. The van der Waals surface area contributed by atoms with Gasteiger partial charge in [-0.15, -0.1) is 0 Å². The number of unbranched alkanes of at least 4 members (excludes halogenated alkanes) is 3. The van der Waals surface area contributed by atoms with Crippen molar-refractivity contribution < 1.29 is 14.2 Å². The first-order valence-corrected chi connectivity index (χ1v) is 11.8. The van der Waals surface area contributed by atoms with Crippen LogP contribution in [0.4, 0.5) is 0 Å². The van der Waals surface area contributed by atoms with Crippen LogP contribution in [0.15, 0.2) is 0 Å². The fourth-order valence-corrected chi connectivity index (χ4v) is 3.90. The first-order chi connectivity index (χ1) is 14.3. The van der Waals surface area contributed by atoms with Crippen LogP contribution in [0.2, 0.25) is 0 Å². The van der Waals surface area contributed by atoms with Gasteiger partial charge >= 0.3 is 0 Å². The number of piperazine rings is 2. The number of ether oxygens (including phenoxy) is 3. The van der Waals surface area contributed by atoms with Crippen molar-refractivity contribution >= 4 is 0 Å². The molecule has 0 unspecified atom stereocenters. The lowest BCUT2D eigenvalue weighted by Crippen LogP contribution is -2.47. The van der Waals surface area contributed by atoms with Crippen LogP contribution in [0, 0.1) is 0 Å². The van der Waals surface area contributed by atoms with Crippen molar-refractivity contribution in [1.29, 1.82) is 0 Å². The summed E-state index contributed by atoms with van der Waals surface area (Å²) in [7, 11) is 3.98. The molecule has 7 heteroatoms. The van der Waals surface area contributed by atoms with Gasteiger partial charge in [0.05, 0.1) is 19.9 Å². The average Bonchev–Trinajstić information content (AvgIpc) is 2.75. The number of hydrogen-bond acceptors (Lipinski definition) is 7. The molecule has 0 spiro atoms. The van der Waals surface area contributed by atoms with Gasteiger partial charge in [0, 0.05) is 79.2 Å². The highest BCUT2D eigenvalue weighted by Crippen LogP contribution is 2.06. The maximum atomic E-state index is 5.85. The van der Waals surface area contributed by atoms with Crippen LogP contribution in [0.25, 0.3) is 0 Å². The summed E-state index contributed by atoms with van der Waals surface area (Å²) in [6, 6.07) is 0. The highest BCUT2D eigenvalue weighted by atomic mass is 16.5. The molecule has 0 radical (unpaired) electrons. The molecule has 7 nitrogen and oxygen atoms in total. The standard InChI is InChI=1S/C22H46N4O3/c1-23-9-11-25(12-10-23)17-21-28-19-7-20-29-22-26-15-13-24(14-16-26)8-5-3-4-6-18-27-2/h3-22H2,1-2H3. The molecule has 2 rings (SSSR count). The van der Waals surface area contributed by atoms with Gasteiger partial charge in [-0.3, -0.25) is 9.80 Å². The summed E-state index contributed by atoms with van der Waals surface area (Å²) in [6.07, 6.45) is 6.12. The summed E-state index contributed by atoms with van der Waals surface area (Å²) >= 11 is 0. The third-order valence-electron chi connectivity index (χ3n) is 6.04. The molecular formula is C22H46N4O3. The van der Waals surface area contributed by atoms with E-state index in [4.69, 9.17) is 14.2 Å². The minimum absolute atomic E-state index is 0.770. The average molecular weight is 415 g/mol. The Balaban J connectivity index is 1.32. The topological polar surface area (TPSA) is 40.7 Å². The second kappa shape index (κ2) is 16.4. The lowest BCUT2D eigenvalue weighted by Gasteiger charge is -2.34. The molecule has 0 aromatic rings. The molecule has 2 aliphatic heterocycles. The van der Waals surface area contributed by atoms with E-state index in [0.29, 0.717) is 0 Å². The van der Waals surface area contributed by atoms with E-state index in [2.05, 4.69) is 26.6 Å². The summed E-state index contributed by atoms with van der Waals surface area (Å²) in [5.41, 5.74) is 0. The Labute approximate surface area is 179 Å². The van der Waals surface area contributed by atoms with Crippen LogP contribution in [0.1, 0.15) is 32.1 Å². The molecule has 2 heterocycles. The number of rotatable bonds is 16. The number of nitrogens with zero attached hydrogens (tertiary/aromatic N) is 4. The molecule has 29 heavy (non-hydrogen) atoms. The fraction of sp³-hybridized carbons (Fsp3) is 1.00. The molecule has 0 amide bonds. The van der Waals surface area contributed by atoms with Gasteiger partial charge < -0.3 is 24.0 Å². The molecule has 0 N–H and O–H groups in total. The Hall–Kier alpha value is -0.280. The quantitative estimate of drug-likeness (QED) is 0.354. The summed E-state index contributed by atoms with van der Waals surface area (Å²) in [6.45, 7) is 15.8. The fourth-order valence-electron chi connectivity index (χ4n) is 3.90. The van der Waals surface area contributed by atoms with E-state index in [1.807, 2.05) is 0 Å². The highest BCUT2D eigenvalue weighted by Gasteiger charge is 2.16. The molecule has 0 bridgehead atoms. The number of methoxy groups -OCH3 is 1. The van der Waals surface area contributed by atoms with E-state index in [-0.39, 0.29) is 0 Å². The van der Waals surface area contributed by atoms with E-state index in [1.54, 1.807) is 7.11 Å². The van der Waals surface area contributed by atoms with Crippen molar-refractivity contribution in [1.82, 2.24) is 19.6 Å². The molecule has 0 aliphatic carbocycles. The van der Waals surface area contributed by atoms with Gasteiger partial charge in [-0.2, -0.15) is 0 Å². The minimum Gasteiger partial charge on any atom is -0.385 e. The second-order valence-corrected chi connectivity index (χ2v) is 8.51. The van der Waals surface area contributed by atoms with Crippen molar-refractivity contribution in [2.24, 2.45) is 0 Å². The SMILES string of the molecule is COCCCCCCN1CCN(COCCCOCCN2CCN(C)CC2)CC1. The zero-order valence-corrected chi connectivity index (χ0v) is 19.2. The normalized spacial score (nSPS) is 20.5. The van der Waals surface area contributed by atoms with Gasteiger partial charge in [-0.25, -0.2) is 0 Å². The molecule has 0 saturated carbocycles. The molecule has 2 aliphatic rings. The molecule has 2 fully saturated rings. The van der Waals surface area contributed by atoms with Crippen LogP contribution in [-0.2, 0) is 14.2 Å². The maximum absolute atomic E-state index is 5.85. The van der Waals surface area contributed by atoms with Gasteiger partial charge in [0.2, 0.25) is 0 Å². The summed E-state index contributed by atoms with van der Waals surface area (Å²) in [4.78, 5) is 9.92. The van der Waals surface area contributed by atoms with Crippen molar-refractivity contribution in [3.05, 3.63) is 0 Å². The first kappa shape index (κ1) is 25.0. The van der Waals surface area contributed by atoms with Crippen molar-refractivity contribution in [2.75, 3.05) is 113 Å². The number of likely N-dealkylation sites (N-methyl/N-ethyl adjacent to an activating group) is 1. The molecule has 0 aromatic carbocycles. The molecule has 2 saturated heterocycles. The predicted molar refractivity (Wildman–Crippen MR) is 119 cm³/mol. The van der Waals surface area contributed by atoms with Gasteiger partial charge in [0.25, 0.3) is 0 Å². The summed E-state index contributed by atoms with van der Waals surface area (Å²) < 4.78 is 16.7. The van der Waals surface area contributed by atoms with E-state index >= 15 is 0 Å². The Morgan fingerprint density at radius 1 is 0.552 bits per heavy atom. The zero-order chi connectivity index (χ0) is 20.6. The molecule has 172 valence electrons. The van der Waals surface area contributed by atoms with E-state index in [0.717, 1.165) is 59.2 Å². The third kappa shape index (κ3) is 12.2. The predicted octanol–water partition coefficient (Wildman–Crippen LogP) is 1.44. The van der Waals surface area contributed by atoms with Crippen LogP contribution in [-0.4, -0.2) is 132 Å². The Bertz CT molecular complexity index is 373. The third-order valence-corrected chi connectivity index (χ3v) is 6.04. The van der Waals surface area contributed by atoms with E-state index < -0.39 is 0 Å². The van der Waals surface area contributed by atoms with Crippen molar-refractivity contribution in [3.8, 4) is 0 Å². The smallest absolute Gasteiger partial charge is 0.0991 e. The van der Waals surface area contributed by atoms with Gasteiger partial charge in [-0.05, 0) is 32.9 Å². The monoisotopic (exact) mass is 414 g/mol.